The lowest BCUT2D eigenvalue weighted by Gasteiger charge is -2.40. The quantitative estimate of drug-likeness (QED) is 0.581. The topological polar surface area (TPSA) is 58.7 Å². The Balaban J connectivity index is 0.000000313. The number of carbonyl (C=O) groups excluding carboxylic acids is 1. The first-order valence-electron chi connectivity index (χ1n) is 10.3. The number of aryl methyl sites for hydroxylation is 1. The van der Waals surface area contributed by atoms with E-state index in [1.54, 1.807) is 0 Å². The minimum absolute atomic E-state index is 0.0253. The summed E-state index contributed by atoms with van der Waals surface area (Å²) in [4.78, 5) is 12.1. The van der Waals surface area contributed by atoms with Crippen molar-refractivity contribution in [3.05, 3.63) is 89.6 Å². The molecule has 0 fully saturated rings. The molecule has 0 N–H and O–H groups in total. The number of hydrogen-bond acceptors (Lipinski definition) is 3. The molecule has 30 heavy (non-hydrogen) atoms. The summed E-state index contributed by atoms with van der Waals surface area (Å²) in [5.74, 6) is 0.204. The van der Waals surface area contributed by atoms with E-state index in [0.717, 1.165) is 29.8 Å². The van der Waals surface area contributed by atoms with E-state index in [0.29, 0.717) is 6.42 Å². The Labute approximate surface area is 177 Å². The number of nitrogens with zero attached hydrogens (tertiary/aromatic N) is 3. The molecule has 2 unspecified atom stereocenters. The highest BCUT2D eigenvalue weighted by Crippen LogP contribution is 2.49. The third-order valence-electron chi connectivity index (χ3n) is 6.26. The summed E-state index contributed by atoms with van der Waals surface area (Å²) in [5.41, 5.74) is 4.54. The maximum atomic E-state index is 12.1. The van der Waals surface area contributed by atoms with E-state index < -0.39 is 0 Å². The Morgan fingerprint density at radius 1 is 1.07 bits per heavy atom. The van der Waals surface area contributed by atoms with Crippen LogP contribution in [0.1, 0.15) is 31.0 Å². The van der Waals surface area contributed by atoms with Crippen LogP contribution < -0.4 is 0 Å². The second kappa shape index (κ2) is 8.12. The highest BCUT2D eigenvalue weighted by atomic mass is 16.1. The van der Waals surface area contributed by atoms with E-state index in [-0.39, 0.29) is 22.7 Å². The minimum atomic E-state index is -0.336. The standard InChI is InChI=1S/C20H19N3O.C6H6/c1-20-11-14(12-21)17(24)10-15(20)8-9-16-18(23(2)22-19(16)20)13-6-4-3-5-7-13;1-2-4-6-5-3-1/h3-7,11,15H,8-10H2,1-2H3;1-6H. The van der Waals surface area contributed by atoms with Gasteiger partial charge in [0.15, 0.2) is 5.78 Å². The molecule has 1 aromatic heterocycles. The maximum absolute atomic E-state index is 12.1. The van der Waals surface area contributed by atoms with Crippen molar-refractivity contribution in [2.45, 2.75) is 31.6 Å². The predicted molar refractivity (Wildman–Crippen MR) is 118 cm³/mol. The van der Waals surface area contributed by atoms with Gasteiger partial charge in [-0.05, 0) is 18.8 Å². The second-order valence-electron chi connectivity index (χ2n) is 8.14. The van der Waals surface area contributed by atoms with Gasteiger partial charge in [0.25, 0.3) is 0 Å². The zero-order valence-corrected chi connectivity index (χ0v) is 17.4. The third-order valence-corrected chi connectivity index (χ3v) is 6.26. The smallest absolute Gasteiger partial charge is 0.173 e. The van der Waals surface area contributed by atoms with Crippen molar-refractivity contribution in [1.82, 2.24) is 9.78 Å². The minimum Gasteiger partial charge on any atom is -0.293 e. The van der Waals surface area contributed by atoms with Crippen molar-refractivity contribution < 1.29 is 4.79 Å². The molecule has 2 aliphatic carbocycles. The van der Waals surface area contributed by atoms with Crippen LogP contribution in [0, 0.1) is 17.2 Å². The van der Waals surface area contributed by atoms with Crippen molar-refractivity contribution in [1.29, 1.82) is 5.26 Å². The molecule has 5 rings (SSSR count). The van der Waals surface area contributed by atoms with Crippen LogP contribution in [0.5, 0.6) is 0 Å². The SMILES string of the molecule is Cn1nc2c(c1-c1ccccc1)CCC1CC(=O)C(C#N)=CC21C.c1ccccc1. The van der Waals surface area contributed by atoms with E-state index in [1.165, 1.54) is 5.56 Å². The second-order valence-corrected chi connectivity index (χ2v) is 8.14. The number of ketones is 1. The fraction of sp³-hybridized carbons (Fsp3) is 0.269. The van der Waals surface area contributed by atoms with Crippen LogP contribution in [0.15, 0.2) is 78.4 Å². The predicted octanol–water partition coefficient (Wildman–Crippen LogP) is 5.02. The van der Waals surface area contributed by atoms with Gasteiger partial charge in [0, 0.05) is 30.0 Å². The van der Waals surface area contributed by atoms with E-state index >= 15 is 0 Å². The molecular weight excluding hydrogens is 370 g/mol. The summed E-state index contributed by atoms with van der Waals surface area (Å²) in [6.45, 7) is 2.13. The maximum Gasteiger partial charge on any atom is 0.173 e. The number of nitriles is 1. The van der Waals surface area contributed by atoms with Crippen LogP contribution in [0.4, 0.5) is 0 Å². The van der Waals surface area contributed by atoms with Crippen LogP contribution in [-0.2, 0) is 23.7 Å². The van der Waals surface area contributed by atoms with Gasteiger partial charge in [-0.2, -0.15) is 10.4 Å². The number of fused-ring (bicyclic) bond motifs is 3. The number of rotatable bonds is 1. The molecule has 2 atom stereocenters. The molecule has 0 saturated heterocycles. The highest BCUT2D eigenvalue weighted by molar-refractivity contribution is 6.00. The van der Waals surface area contributed by atoms with Gasteiger partial charge in [0.05, 0.1) is 17.0 Å². The van der Waals surface area contributed by atoms with Crippen molar-refractivity contribution in [3.63, 3.8) is 0 Å². The van der Waals surface area contributed by atoms with Gasteiger partial charge in [0.1, 0.15) is 6.07 Å². The lowest BCUT2D eigenvalue weighted by atomic mass is 9.61. The van der Waals surface area contributed by atoms with Gasteiger partial charge in [-0.25, -0.2) is 0 Å². The van der Waals surface area contributed by atoms with Crippen molar-refractivity contribution in [3.8, 4) is 17.3 Å². The third kappa shape index (κ3) is 3.48. The van der Waals surface area contributed by atoms with Crippen LogP contribution in [0.3, 0.4) is 0 Å². The summed E-state index contributed by atoms with van der Waals surface area (Å²) in [5, 5.41) is 14.1. The zero-order valence-electron chi connectivity index (χ0n) is 17.4. The summed E-state index contributed by atoms with van der Waals surface area (Å²) < 4.78 is 1.95. The molecule has 4 heteroatoms. The normalized spacial score (nSPS) is 22.0. The lowest BCUT2D eigenvalue weighted by molar-refractivity contribution is -0.117. The van der Waals surface area contributed by atoms with E-state index in [2.05, 4.69) is 25.1 Å². The molecule has 0 spiro atoms. The van der Waals surface area contributed by atoms with Gasteiger partial charge in [-0.3, -0.25) is 9.48 Å². The highest BCUT2D eigenvalue weighted by Gasteiger charge is 2.46. The van der Waals surface area contributed by atoms with Gasteiger partial charge in [0.2, 0.25) is 0 Å². The van der Waals surface area contributed by atoms with Gasteiger partial charge >= 0.3 is 0 Å². The Bertz CT molecular complexity index is 1100. The number of hydrogen-bond donors (Lipinski definition) is 0. The largest absolute Gasteiger partial charge is 0.293 e. The average molecular weight is 396 g/mol. The summed E-state index contributed by atoms with van der Waals surface area (Å²) in [7, 11) is 1.97. The number of Topliss-reactive ketones (excluding diaryl/α,β-unsaturated/α-hetero) is 1. The van der Waals surface area contributed by atoms with Gasteiger partial charge in [-0.1, -0.05) is 79.7 Å². The number of benzene rings is 2. The Kier molecular flexibility index (Phi) is 5.37. The average Bonchev–Trinajstić information content (AvgIpc) is 3.13. The molecule has 0 bridgehead atoms. The van der Waals surface area contributed by atoms with Crippen LogP contribution in [0.25, 0.3) is 11.3 Å². The molecular formula is C26H25N3O. The fourth-order valence-corrected chi connectivity index (χ4v) is 4.70. The van der Waals surface area contributed by atoms with Crippen molar-refractivity contribution in [2.75, 3.05) is 0 Å². The molecule has 1 heterocycles. The van der Waals surface area contributed by atoms with E-state index in [9.17, 15) is 10.1 Å². The lowest BCUT2D eigenvalue weighted by Crippen LogP contribution is -2.40. The molecule has 2 aliphatic rings. The molecule has 2 aromatic carbocycles. The van der Waals surface area contributed by atoms with Crippen molar-refractivity contribution in [2.24, 2.45) is 13.0 Å². The van der Waals surface area contributed by atoms with Gasteiger partial charge < -0.3 is 0 Å². The van der Waals surface area contributed by atoms with Crippen LogP contribution in [0.2, 0.25) is 0 Å². The summed E-state index contributed by atoms with van der Waals surface area (Å²) in [6, 6.07) is 24.4. The van der Waals surface area contributed by atoms with E-state index in [4.69, 9.17) is 5.10 Å². The van der Waals surface area contributed by atoms with E-state index in [1.807, 2.05) is 72.4 Å². The number of carbonyl (C=O) groups is 1. The summed E-state index contributed by atoms with van der Waals surface area (Å²) in [6.07, 6.45) is 4.20. The molecule has 0 saturated carbocycles. The monoisotopic (exact) mass is 395 g/mol. The number of allylic oxidation sites excluding steroid dienone is 2. The Morgan fingerprint density at radius 2 is 1.67 bits per heavy atom. The number of aromatic nitrogens is 2. The molecule has 0 amide bonds. The molecule has 0 radical (unpaired) electrons. The van der Waals surface area contributed by atoms with Gasteiger partial charge in [-0.15, -0.1) is 0 Å². The molecule has 0 aliphatic heterocycles. The zero-order chi connectivity index (χ0) is 21.1. The summed E-state index contributed by atoms with van der Waals surface area (Å²) >= 11 is 0. The first-order valence-corrected chi connectivity index (χ1v) is 10.3. The first kappa shape index (κ1) is 19.8. The van der Waals surface area contributed by atoms with Crippen molar-refractivity contribution >= 4 is 5.78 Å². The Hall–Kier alpha value is -3.45. The first-order chi connectivity index (χ1) is 14.5. The molecule has 150 valence electrons. The fourth-order valence-electron chi connectivity index (χ4n) is 4.70. The van der Waals surface area contributed by atoms with Crippen LogP contribution in [-0.4, -0.2) is 15.6 Å². The Morgan fingerprint density at radius 3 is 2.27 bits per heavy atom. The molecule has 3 aromatic rings. The van der Waals surface area contributed by atoms with Crippen LogP contribution >= 0.6 is 0 Å². The molecule has 4 nitrogen and oxygen atoms in total.